The van der Waals surface area contributed by atoms with Crippen LogP contribution in [0, 0.1) is 0 Å². The lowest BCUT2D eigenvalue weighted by Gasteiger charge is -2.03. The number of rotatable bonds is 4. The summed E-state index contributed by atoms with van der Waals surface area (Å²) in [5.41, 5.74) is 3.50. The van der Waals surface area contributed by atoms with E-state index in [0.29, 0.717) is 17.6 Å². The number of amides is 1. The molecule has 7 nitrogen and oxygen atoms in total. The highest BCUT2D eigenvalue weighted by atomic mass is 32.1. The van der Waals surface area contributed by atoms with Gasteiger partial charge in [-0.05, 0) is 29.8 Å². The van der Waals surface area contributed by atoms with Gasteiger partial charge in [-0.25, -0.2) is 9.78 Å². The molecule has 0 saturated carbocycles. The van der Waals surface area contributed by atoms with E-state index >= 15 is 0 Å². The Labute approximate surface area is 147 Å². The van der Waals surface area contributed by atoms with Crippen LogP contribution in [0.25, 0.3) is 11.0 Å². The summed E-state index contributed by atoms with van der Waals surface area (Å²) in [6.07, 6.45) is 4.29. The van der Waals surface area contributed by atoms with Crippen LogP contribution in [0.3, 0.4) is 0 Å². The van der Waals surface area contributed by atoms with Crippen molar-refractivity contribution in [3.05, 3.63) is 70.4 Å². The molecule has 0 aliphatic rings. The number of nitrogens with zero attached hydrogens (tertiary/aromatic N) is 5. The zero-order valence-corrected chi connectivity index (χ0v) is 14.0. The molecule has 0 aliphatic heterocycles. The fraction of sp³-hybridized carbons (Fsp3) is 0.118. The van der Waals surface area contributed by atoms with Gasteiger partial charge in [-0.3, -0.25) is 4.98 Å². The summed E-state index contributed by atoms with van der Waals surface area (Å²) in [6, 6.07) is 11.0. The lowest BCUT2D eigenvalue weighted by Crippen LogP contribution is -2.28. The van der Waals surface area contributed by atoms with Crippen molar-refractivity contribution >= 4 is 28.4 Å². The Kier molecular flexibility index (Phi) is 4.17. The number of nitrogens with one attached hydrogen (secondary N) is 1. The monoisotopic (exact) mass is 350 g/mol. The molecular weight excluding hydrogens is 336 g/mol. The second-order valence-electron chi connectivity index (χ2n) is 5.41. The third-order valence-corrected chi connectivity index (χ3v) is 4.57. The SMILES string of the molecule is O=C(NCc1nc(Cc2ccncc2)cs1)n1nnc2ccccc21. The summed E-state index contributed by atoms with van der Waals surface area (Å²) in [4.78, 5) is 20.9. The smallest absolute Gasteiger partial charge is 0.330 e. The number of aromatic nitrogens is 5. The van der Waals surface area contributed by atoms with Crippen molar-refractivity contribution in [3.8, 4) is 0 Å². The first kappa shape index (κ1) is 15.4. The molecule has 0 aliphatic carbocycles. The molecule has 4 rings (SSSR count). The van der Waals surface area contributed by atoms with Gasteiger partial charge in [0.1, 0.15) is 10.5 Å². The topological polar surface area (TPSA) is 85.6 Å². The standard InChI is InChI=1S/C17H14N6OS/c24-17(23-15-4-2-1-3-14(15)21-22-23)19-10-16-20-13(11-25-16)9-12-5-7-18-8-6-12/h1-8,11H,9-10H2,(H,19,24). The first-order valence-corrected chi connectivity index (χ1v) is 8.58. The predicted molar refractivity (Wildman–Crippen MR) is 94.3 cm³/mol. The Balaban J connectivity index is 1.41. The minimum absolute atomic E-state index is 0.320. The van der Waals surface area contributed by atoms with Crippen LogP contribution in [0.2, 0.25) is 0 Å². The van der Waals surface area contributed by atoms with Gasteiger partial charge in [0.2, 0.25) is 0 Å². The van der Waals surface area contributed by atoms with Gasteiger partial charge in [0, 0.05) is 24.2 Å². The van der Waals surface area contributed by atoms with Crippen LogP contribution in [-0.4, -0.2) is 31.0 Å². The quantitative estimate of drug-likeness (QED) is 0.611. The summed E-state index contributed by atoms with van der Waals surface area (Å²) in [5.74, 6) is 0. The van der Waals surface area contributed by atoms with E-state index in [4.69, 9.17) is 0 Å². The van der Waals surface area contributed by atoms with Gasteiger partial charge in [-0.15, -0.1) is 16.4 Å². The zero-order valence-electron chi connectivity index (χ0n) is 13.2. The van der Waals surface area contributed by atoms with Gasteiger partial charge in [0.15, 0.2) is 0 Å². The summed E-state index contributed by atoms with van der Waals surface area (Å²) >= 11 is 1.52. The van der Waals surface area contributed by atoms with E-state index in [-0.39, 0.29) is 6.03 Å². The molecule has 0 radical (unpaired) electrons. The van der Waals surface area contributed by atoms with Crippen molar-refractivity contribution in [1.29, 1.82) is 0 Å². The van der Waals surface area contributed by atoms with Crippen LogP contribution in [0.15, 0.2) is 54.2 Å². The second-order valence-corrected chi connectivity index (χ2v) is 6.36. The molecule has 1 N–H and O–H groups in total. The summed E-state index contributed by atoms with van der Waals surface area (Å²) in [6.45, 7) is 0.355. The molecule has 1 aromatic carbocycles. The molecule has 0 spiro atoms. The maximum Gasteiger partial charge on any atom is 0.344 e. The number of benzene rings is 1. The van der Waals surface area contributed by atoms with Crippen molar-refractivity contribution in [2.45, 2.75) is 13.0 Å². The summed E-state index contributed by atoms with van der Waals surface area (Å²) in [5, 5.41) is 13.6. The molecule has 4 aromatic rings. The van der Waals surface area contributed by atoms with E-state index < -0.39 is 0 Å². The van der Waals surface area contributed by atoms with Gasteiger partial charge in [0.05, 0.1) is 17.8 Å². The highest BCUT2D eigenvalue weighted by molar-refractivity contribution is 7.09. The number of fused-ring (bicyclic) bond motifs is 1. The second kappa shape index (κ2) is 6.78. The van der Waals surface area contributed by atoms with Gasteiger partial charge < -0.3 is 5.32 Å². The number of thiazole rings is 1. The van der Waals surface area contributed by atoms with Crippen molar-refractivity contribution in [1.82, 2.24) is 30.3 Å². The van der Waals surface area contributed by atoms with E-state index in [2.05, 4.69) is 25.6 Å². The molecule has 0 fully saturated rings. The minimum Gasteiger partial charge on any atom is -0.330 e. The number of hydrogen-bond donors (Lipinski definition) is 1. The molecule has 1 amide bonds. The fourth-order valence-electron chi connectivity index (χ4n) is 2.47. The van der Waals surface area contributed by atoms with Crippen molar-refractivity contribution < 1.29 is 4.79 Å². The van der Waals surface area contributed by atoms with E-state index in [1.54, 1.807) is 12.4 Å². The normalized spacial score (nSPS) is 10.9. The number of hydrogen-bond acceptors (Lipinski definition) is 6. The van der Waals surface area contributed by atoms with E-state index in [9.17, 15) is 4.79 Å². The molecule has 0 bridgehead atoms. The lowest BCUT2D eigenvalue weighted by atomic mass is 10.2. The highest BCUT2D eigenvalue weighted by Gasteiger charge is 2.12. The van der Waals surface area contributed by atoms with Crippen molar-refractivity contribution in [2.75, 3.05) is 0 Å². The zero-order chi connectivity index (χ0) is 17.1. The molecule has 0 atom stereocenters. The Morgan fingerprint density at radius 3 is 2.88 bits per heavy atom. The van der Waals surface area contributed by atoms with Crippen LogP contribution >= 0.6 is 11.3 Å². The molecule has 3 aromatic heterocycles. The van der Waals surface area contributed by atoms with Crippen LogP contribution in [-0.2, 0) is 13.0 Å². The summed E-state index contributed by atoms with van der Waals surface area (Å²) in [7, 11) is 0. The van der Waals surface area contributed by atoms with Gasteiger partial charge in [0.25, 0.3) is 0 Å². The minimum atomic E-state index is -0.320. The maximum absolute atomic E-state index is 12.3. The first-order chi connectivity index (χ1) is 12.3. The Bertz CT molecular complexity index is 1010. The van der Waals surface area contributed by atoms with E-state index in [0.717, 1.165) is 22.7 Å². The molecule has 0 saturated heterocycles. The fourth-order valence-corrected chi connectivity index (χ4v) is 3.20. The molecule has 0 unspecified atom stereocenters. The number of carbonyl (C=O) groups is 1. The van der Waals surface area contributed by atoms with Crippen molar-refractivity contribution in [3.63, 3.8) is 0 Å². The number of pyridine rings is 1. The van der Waals surface area contributed by atoms with Crippen LogP contribution in [0.5, 0.6) is 0 Å². The predicted octanol–water partition coefficient (Wildman–Crippen LogP) is 2.63. The molecule has 25 heavy (non-hydrogen) atoms. The van der Waals surface area contributed by atoms with Gasteiger partial charge >= 0.3 is 6.03 Å². The Morgan fingerprint density at radius 1 is 1.16 bits per heavy atom. The van der Waals surface area contributed by atoms with E-state index in [1.807, 2.05) is 41.8 Å². The van der Waals surface area contributed by atoms with Crippen molar-refractivity contribution in [2.24, 2.45) is 0 Å². The third kappa shape index (κ3) is 3.38. The lowest BCUT2D eigenvalue weighted by molar-refractivity contribution is 0.239. The first-order valence-electron chi connectivity index (χ1n) is 7.70. The molecule has 8 heteroatoms. The van der Waals surface area contributed by atoms with Crippen LogP contribution < -0.4 is 5.32 Å². The summed E-state index contributed by atoms with van der Waals surface area (Å²) < 4.78 is 1.26. The number of carbonyl (C=O) groups excluding carboxylic acids is 1. The van der Waals surface area contributed by atoms with Gasteiger partial charge in [-0.1, -0.05) is 17.3 Å². The van der Waals surface area contributed by atoms with E-state index in [1.165, 1.54) is 16.0 Å². The van der Waals surface area contributed by atoms with Crippen LogP contribution in [0.4, 0.5) is 4.79 Å². The average Bonchev–Trinajstić information content (AvgIpc) is 3.27. The molecule has 124 valence electrons. The molecule has 3 heterocycles. The van der Waals surface area contributed by atoms with Crippen LogP contribution in [0.1, 0.15) is 16.3 Å². The average molecular weight is 350 g/mol. The Morgan fingerprint density at radius 2 is 2.00 bits per heavy atom. The maximum atomic E-state index is 12.3. The largest absolute Gasteiger partial charge is 0.344 e. The highest BCUT2D eigenvalue weighted by Crippen LogP contribution is 2.14. The third-order valence-electron chi connectivity index (χ3n) is 3.67. The molecular formula is C17H14N6OS. The number of para-hydroxylation sites is 1. The van der Waals surface area contributed by atoms with Gasteiger partial charge in [-0.2, -0.15) is 4.68 Å². The Hall–Kier alpha value is -3.13.